The third kappa shape index (κ3) is 9.02. The average molecular weight is 527 g/mol. The lowest BCUT2D eigenvalue weighted by Crippen LogP contribution is -2.03. The van der Waals surface area contributed by atoms with Crippen LogP contribution in [0.5, 0.6) is 0 Å². The number of benzene rings is 2. The summed E-state index contributed by atoms with van der Waals surface area (Å²) in [6.45, 7) is 9.06. The molecule has 0 unspecified atom stereocenters. The van der Waals surface area contributed by atoms with Crippen molar-refractivity contribution >= 4 is 11.4 Å². The molecule has 2 aromatic carbocycles. The summed E-state index contributed by atoms with van der Waals surface area (Å²) in [7, 11) is 0. The van der Waals surface area contributed by atoms with Crippen molar-refractivity contribution in [3.05, 3.63) is 87.5 Å². The minimum atomic E-state index is 1.02. The third-order valence-electron chi connectivity index (χ3n) is 8.24. The van der Waals surface area contributed by atoms with E-state index < -0.39 is 0 Å². The van der Waals surface area contributed by atoms with E-state index in [0.29, 0.717) is 0 Å². The third-order valence-corrected chi connectivity index (χ3v) is 8.24. The minimum absolute atomic E-state index is 1.02. The van der Waals surface area contributed by atoms with Gasteiger partial charge in [0.05, 0.1) is 0 Å². The Labute approximate surface area is 240 Å². The van der Waals surface area contributed by atoms with Gasteiger partial charge in [0.25, 0.3) is 0 Å². The van der Waals surface area contributed by atoms with E-state index in [4.69, 9.17) is 0 Å². The first-order valence-electron chi connectivity index (χ1n) is 16.3. The molecule has 0 radical (unpaired) electrons. The maximum atomic E-state index is 11.9. The highest BCUT2D eigenvalue weighted by Crippen LogP contribution is 2.44. The molecule has 1 heterocycles. The molecule has 2 nitrogen and oxygen atoms in total. The van der Waals surface area contributed by atoms with Crippen LogP contribution in [0.3, 0.4) is 0 Å². The van der Waals surface area contributed by atoms with Crippen LogP contribution in [0.25, 0.3) is 16.9 Å². The van der Waals surface area contributed by atoms with Crippen LogP contribution in [0.2, 0.25) is 0 Å². The molecular weight excluding hydrogens is 472 g/mol. The van der Waals surface area contributed by atoms with E-state index in [1.54, 1.807) is 4.70 Å². The first-order valence-corrected chi connectivity index (χ1v) is 16.3. The SMILES string of the molecule is CCCCCCCCC1=C(c2cccc(CCCC)c2)[N+](=[N-])C(c2ccc(CCCC)cc2)=C1CCCCC. The van der Waals surface area contributed by atoms with Crippen LogP contribution in [0.15, 0.2) is 59.7 Å². The molecule has 0 saturated heterocycles. The van der Waals surface area contributed by atoms with Gasteiger partial charge in [0, 0.05) is 22.3 Å². The molecule has 1 aliphatic heterocycles. The molecule has 0 N–H and O–H groups in total. The first-order chi connectivity index (χ1) is 19.1. The molecule has 0 bridgehead atoms. The van der Waals surface area contributed by atoms with Crippen molar-refractivity contribution in [1.82, 2.24) is 0 Å². The zero-order valence-electron chi connectivity index (χ0n) is 25.5. The molecule has 3 rings (SSSR count). The molecular formula is C37H54N2. The molecule has 0 fully saturated rings. The Morgan fingerprint density at radius 3 is 1.64 bits per heavy atom. The Morgan fingerprint density at radius 2 is 1.00 bits per heavy atom. The van der Waals surface area contributed by atoms with Gasteiger partial charge in [-0.15, -0.1) is 0 Å². The highest BCUT2D eigenvalue weighted by molar-refractivity contribution is 5.82. The summed E-state index contributed by atoms with van der Waals surface area (Å²) < 4.78 is 1.56. The summed E-state index contributed by atoms with van der Waals surface area (Å²) in [6, 6.07) is 18.0. The monoisotopic (exact) mass is 526 g/mol. The van der Waals surface area contributed by atoms with Gasteiger partial charge in [-0.05, 0) is 86.8 Å². The van der Waals surface area contributed by atoms with Crippen LogP contribution in [-0.4, -0.2) is 4.70 Å². The van der Waals surface area contributed by atoms with Crippen LogP contribution in [0, 0.1) is 0 Å². The number of rotatable bonds is 19. The van der Waals surface area contributed by atoms with Crippen molar-refractivity contribution in [3.63, 3.8) is 0 Å². The number of hydrogen-bond donors (Lipinski definition) is 0. The van der Waals surface area contributed by atoms with Crippen LogP contribution >= 0.6 is 0 Å². The van der Waals surface area contributed by atoms with E-state index >= 15 is 0 Å². The summed E-state index contributed by atoms with van der Waals surface area (Å²) in [5.41, 5.74) is 21.8. The van der Waals surface area contributed by atoms with Crippen molar-refractivity contribution in [2.45, 2.75) is 137 Å². The van der Waals surface area contributed by atoms with Gasteiger partial charge in [-0.25, -0.2) is 4.70 Å². The van der Waals surface area contributed by atoms with Gasteiger partial charge in [-0.2, -0.15) is 0 Å². The molecule has 1 aliphatic rings. The van der Waals surface area contributed by atoms with Gasteiger partial charge in [-0.3, -0.25) is 0 Å². The van der Waals surface area contributed by atoms with Gasteiger partial charge in [0.1, 0.15) is 0 Å². The van der Waals surface area contributed by atoms with Crippen LogP contribution < -0.4 is 0 Å². The molecule has 0 atom stereocenters. The van der Waals surface area contributed by atoms with Crippen molar-refractivity contribution < 1.29 is 4.70 Å². The van der Waals surface area contributed by atoms with Gasteiger partial charge < -0.3 is 5.53 Å². The number of hydrogen-bond acceptors (Lipinski definition) is 0. The molecule has 2 heteroatoms. The predicted molar refractivity (Wildman–Crippen MR) is 170 cm³/mol. The molecule has 0 aliphatic carbocycles. The molecule has 0 amide bonds. The van der Waals surface area contributed by atoms with Crippen LogP contribution in [0.4, 0.5) is 0 Å². The molecule has 0 saturated carbocycles. The second kappa shape index (κ2) is 17.3. The second-order valence-corrected chi connectivity index (χ2v) is 11.5. The van der Waals surface area contributed by atoms with E-state index in [2.05, 4.69) is 76.2 Å². The summed E-state index contributed by atoms with van der Waals surface area (Å²) in [5, 5.41) is 0. The number of nitrogens with zero attached hydrogens (tertiary/aromatic N) is 2. The molecule has 0 spiro atoms. The summed E-state index contributed by atoms with van der Waals surface area (Å²) in [5.74, 6) is 0. The lowest BCUT2D eigenvalue weighted by atomic mass is 9.91. The highest BCUT2D eigenvalue weighted by Gasteiger charge is 2.35. The van der Waals surface area contributed by atoms with E-state index in [1.807, 2.05) is 0 Å². The molecule has 2 aromatic rings. The fraction of sp³-hybridized carbons (Fsp3) is 0.568. The van der Waals surface area contributed by atoms with Crippen LogP contribution in [0.1, 0.15) is 146 Å². The predicted octanol–water partition coefficient (Wildman–Crippen LogP) is 11.9. The summed E-state index contributed by atoms with van der Waals surface area (Å²) in [4.78, 5) is 0. The zero-order chi connectivity index (χ0) is 27.9. The van der Waals surface area contributed by atoms with Gasteiger partial charge in [-0.1, -0.05) is 110 Å². The maximum Gasteiger partial charge on any atom is 0.211 e. The summed E-state index contributed by atoms with van der Waals surface area (Å²) in [6.07, 6.45) is 20.5. The number of unbranched alkanes of at least 4 members (excludes halogenated alkanes) is 9. The van der Waals surface area contributed by atoms with Crippen molar-refractivity contribution in [3.8, 4) is 0 Å². The Balaban J connectivity index is 2.01. The Bertz CT molecular complexity index is 1090. The van der Waals surface area contributed by atoms with Crippen molar-refractivity contribution in [1.29, 1.82) is 0 Å². The fourth-order valence-electron chi connectivity index (χ4n) is 5.88. The zero-order valence-corrected chi connectivity index (χ0v) is 25.5. The molecule has 0 aromatic heterocycles. The maximum absolute atomic E-state index is 11.9. The quantitative estimate of drug-likeness (QED) is 0.128. The Morgan fingerprint density at radius 1 is 0.487 bits per heavy atom. The highest BCUT2D eigenvalue weighted by atomic mass is 15.2. The molecule has 39 heavy (non-hydrogen) atoms. The average Bonchev–Trinajstić information content (AvgIpc) is 3.23. The van der Waals surface area contributed by atoms with Crippen molar-refractivity contribution in [2.75, 3.05) is 0 Å². The minimum Gasteiger partial charge on any atom is -0.493 e. The topological polar surface area (TPSA) is 25.3 Å². The largest absolute Gasteiger partial charge is 0.493 e. The normalized spacial score (nSPS) is 13.7. The lowest BCUT2D eigenvalue weighted by molar-refractivity contribution is -0.345. The van der Waals surface area contributed by atoms with Gasteiger partial charge in [0.2, 0.25) is 11.4 Å². The first kappa shape index (κ1) is 31.1. The lowest BCUT2D eigenvalue weighted by Gasteiger charge is -2.11. The van der Waals surface area contributed by atoms with E-state index in [-0.39, 0.29) is 0 Å². The fourth-order valence-corrected chi connectivity index (χ4v) is 5.88. The van der Waals surface area contributed by atoms with E-state index in [9.17, 15) is 5.53 Å². The second-order valence-electron chi connectivity index (χ2n) is 11.5. The van der Waals surface area contributed by atoms with Crippen LogP contribution in [-0.2, 0) is 12.8 Å². The number of allylic oxidation sites excluding steroid dienone is 2. The smallest absolute Gasteiger partial charge is 0.211 e. The molecule has 212 valence electrons. The Hall–Kier alpha value is -2.48. The van der Waals surface area contributed by atoms with E-state index in [1.165, 1.54) is 106 Å². The van der Waals surface area contributed by atoms with Gasteiger partial charge >= 0.3 is 0 Å². The summed E-state index contributed by atoms with van der Waals surface area (Å²) >= 11 is 0. The van der Waals surface area contributed by atoms with Gasteiger partial charge in [0.15, 0.2) is 0 Å². The Kier molecular flexibility index (Phi) is 13.7. The van der Waals surface area contributed by atoms with E-state index in [0.717, 1.165) is 48.2 Å². The standard InChI is InChI=1S/C37H54N2/c1-5-9-13-14-15-17-24-35-34(23-16-10-6-2)36(32-27-25-30(26-28-32)19-11-7-3)39(38)37(35)33-22-18-21-31(29-33)20-12-8-4/h18,21-22,25-29H,5-17,19-20,23-24H2,1-4H3. The number of aryl methyl sites for hydroxylation is 2. The van der Waals surface area contributed by atoms with Crippen molar-refractivity contribution in [2.24, 2.45) is 0 Å².